The smallest absolute Gasteiger partial charge is 0.335 e. The zero-order valence-corrected chi connectivity index (χ0v) is 17.6. The van der Waals surface area contributed by atoms with Crippen LogP contribution in [-0.4, -0.2) is 43.4 Å². The van der Waals surface area contributed by atoms with Gasteiger partial charge < -0.3 is 26.0 Å². The Morgan fingerprint density at radius 2 is 1.66 bits per heavy atom. The fourth-order valence-corrected chi connectivity index (χ4v) is 3.30. The van der Waals surface area contributed by atoms with E-state index in [1.54, 1.807) is 0 Å². The molecule has 1 aliphatic rings. The first-order chi connectivity index (χ1) is 16.3. The van der Waals surface area contributed by atoms with E-state index in [4.69, 9.17) is 15.7 Å². The number of rotatable bonds is 5. The molecule has 2 unspecified atom stereocenters. The van der Waals surface area contributed by atoms with Crippen LogP contribution in [0.25, 0.3) is 0 Å². The van der Waals surface area contributed by atoms with Gasteiger partial charge in [-0.05, 0) is 42.5 Å². The first-order valence-corrected chi connectivity index (χ1v) is 9.84. The van der Waals surface area contributed by atoms with Crippen LogP contribution in [0.1, 0.15) is 11.1 Å². The van der Waals surface area contributed by atoms with Gasteiger partial charge in [-0.25, -0.2) is 0 Å². The van der Waals surface area contributed by atoms with Gasteiger partial charge >= 0.3 is 12.4 Å². The highest BCUT2D eigenvalue weighted by Crippen LogP contribution is 2.39. The summed E-state index contributed by atoms with van der Waals surface area (Å²) >= 11 is 0. The molecule has 8 nitrogen and oxygen atoms in total. The molecule has 186 valence electrons. The first-order valence-electron chi connectivity index (χ1n) is 9.84. The van der Waals surface area contributed by atoms with E-state index in [9.17, 15) is 35.9 Å². The summed E-state index contributed by atoms with van der Waals surface area (Å²) in [5.41, 5.74) is 3.03. The molecule has 0 spiro atoms. The third-order valence-corrected chi connectivity index (χ3v) is 4.89. The van der Waals surface area contributed by atoms with E-state index in [2.05, 4.69) is 10.6 Å². The zero-order valence-electron chi connectivity index (χ0n) is 17.6. The minimum absolute atomic E-state index is 0.170. The van der Waals surface area contributed by atoms with Crippen molar-refractivity contribution in [3.63, 3.8) is 0 Å². The van der Waals surface area contributed by atoms with Crippen molar-refractivity contribution in [3.8, 4) is 6.07 Å². The molecule has 1 saturated heterocycles. The molecule has 0 bridgehead atoms. The molecule has 1 aliphatic heterocycles. The second-order valence-electron chi connectivity index (χ2n) is 7.33. The lowest BCUT2D eigenvalue weighted by molar-refractivity contribution is -0.212. The number of carbonyl (C=O) groups is 2. The Kier molecular flexibility index (Phi) is 7.22. The SMILES string of the molecule is N#Cc1ccc(N2CC(C(=O)Nc3ccc(NC(=O)CN)cc3)OC2C(F)(F)F)cc1C(F)(F)F. The topological polar surface area (TPSA) is 120 Å². The van der Waals surface area contributed by atoms with Crippen molar-refractivity contribution in [1.82, 2.24) is 0 Å². The number of benzene rings is 2. The van der Waals surface area contributed by atoms with Gasteiger partial charge in [-0.15, -0.1) is 0 Å². The normalized spacial score (nSPS) is 18.2. The number of hydrogen-bond acceptors (Lipinski definition) is 6. The monoisotopic (exact) mass is 501 g/mol. The van der Waals surface area contributed by atoms with Crippen molar-refractivity contribution >= 4 is 28.9 Å². The number of ether oxygens (including phenoxy) is 1. The van der Waals surface area contributed by atoms with Crippen LogP contribution in [0.15, 0.2) is 42.5 Å². The number of hydrogen-bond donors (Lipinski definition) is 3. The third kappa shape index (κ3) is 6.00. The molecule has 0 saturated carbocycles. The number of alkyl halides is 6. The third-order valence-electron chi connectivity index (χ3n) is 4.89. The Bertz CT molecular complexity index is 1140. The number of nitriles is 1. The van der Waals surface area contributed by atoms with E-state index in [-0.39, 0.29) is 12.2 Å². The molecule has 1 fully saturated rings. The molecular formula is C21H17F6N5O3. The van der Waals surface area contributed by atoms with Gasteiger partial charge in [0.2, 0.25) is 12.1 Å². The van der Waals surface area contributed by atoms with E-state index in [0.29, 0.717) is 16.7 Å². The molecule has 0 aliphatic carbocycles. The standard InChI is InChI=1S/C21H17F6N5O3/c22-20(23,24)15-7-14(6-1-11(15)8-28)32-10-16(35-19(32)21(25,26)27)18(34)31-13-4-2-12(3-5-13)30-17(33)9-29/h1-7,16,19H,9-10,29H2,(H,30,33)(H,31,34). The van der Waals surface area contributed by atoms with Gasteiger partial charge in [0.05, 0.1) is 30.3 Å². The number of carbonyl (C=O) groups excluding carboxylic acids is 2. The minimum Gasteiger partial charge on any atom is -0.335 e. The lowest BCUT2D eigenvalue weighted by Crippen LogP contribution is -2.42. The predicted molar refractivity (Wildman–Crippen MR) is 111 cm³/mol. The number of nitrogens with zero attached hydrogens (tertiary/aromatic N) is 2. The summed E-state index contributed by atoms with van der Waals surface area (Å²) in [6.45, 7) is -0.956. The second kappa shape index (κ2) is 9.80. The van der Waals surface area contributed by atoms with Crippen molar-refractivity contribution in [1.29, 1.82) is 5.26 Å². The van der Waals surface area contributed by atoms with Gasteiger partial charge in [-0.3, -0.25) is 9.59 Å². The summed E-state index contributed by atoms with van der Waals surface area (Å²) < 4.78 is 85.5. The molecule has 2 amide bonds. The summed E-state index contributed by atoms with van der Waals surface area (Å²) in [7, 11) is 0. The van der Waals surface area contributed by atoms with E-state index in [0.717, 1.165) is 12.1 Å². The Hall–Kier alpha value is -3.83. The van der Waals surface area contributed by atoms with Crippen molar-refractivity contribution in [2.24, 2.45) is 5.73 Å². The van der Waals surface area contributed by atoms with Crippen LogP contribution in [-0.2, 0) is 20.5 Å². The van der Waals surface area contributed by atoms with Gasteiger partial charge in [0, 0.05) is 17.1 Å². The van der Waals surface area contributed by atoms with Crippen LogP contribution in [0.2, 0.25) is 0 Å². The summed E-state index contributed by atoms with van der Waals surface area (Å²) in [6, 6.07) is 9.00. The number of nitrogens with two attached hydrogens (primary N) is 1. The van der Waals surface area contributed by atoms with Gasteiger partial charge in [-0.1, -0.05) is 0 Å². The van der Waals surface area contributed by atoms with Crippen molar-refractivity contribution < 1.29 is 40.7 Å². The highest BCUT2D eigenvalue weighted by molar-refractivity contribution is 5.96. The lowest BCUT2D eigenvalue weighted by atomic mass is 10.1. The Morgan fingerprint density at radius 3 is 2.17 bits per heavy atom. The highest BCUT2D eigenvalue weighted by Gasteiger charge is 2.52. The quantitative estimate of drug-likeness (QED) is 0.542. The van der Waals surface area contributed by atoms with Crippen LogP contribution < -0.4 is 21.3 Å². The number of halogens is 6. The Labute approximate surface area is 194 Å². The summed E-state index contributed by atoms with van der Waals surface area (Å²) in [6.07, 6.45) is -14.4. The molecule has 0 aromatic heterocycles. The molecule has 2 aromatic rings. The Morgan fingerprint density at radius 1 is 1.06 bits per heavy atom. The highest BCUT2D eigenvalue weighted by atomic mass is 19.4. The van der Waals surface area contributed by atoms with Gasteiger partial charge in [0.1, 0.15) is 0 Å². The fourth-order valence-electron chi connectivity index (χ4n) is 3.30. The summed E-state index contributed by atoms with van der Waals surface area (Å²) in [5.74, 6) is -1.43. The van der Waals surface area contributed by atoms with Crippen molar-refractivity contribution in [2.75, 3.05) is 28.6 Å². The van der Waals surface area contributed by atoms with E-state index < -0.39 is 59.9 Å². The molecule has 35 heavy (non-hydrogen) atoms. The molecule has 3 rings (SSSR count). The maximum Gasteiger partial charge on any atom is 0.433 e. The fraction of sp³-hybridized carbons (Fsp3) is 0.286. The van der Waals surface area contributed by atoms with E-state index >= 15 is 0 Å². The van der Waals surface area contributed by atoms with Crippen molar-refractivity contribution in [3.05, 3.63) is 53.6 Å². The summed E-state index contributed by atoms with van der Waals surface area (Å²) in [4.78, 5) is 24.3. The number of anilines is 3. The number of amides is 2. The molecular weight excluding hydrogens is 484 g/mol. The predicted octanol–water partition coefficient (Wildman–Crippen LogP) is 3.21. The molecule has 14 heteroatoms. The molecule has 2 aromatic carbocycles. The minimum atomic E-state index is -5.04. The van der Waals surface area contributed by atoms with Crippen molar-refractivity contribution in [2.45, 2.75) is 24.7 Å². The van der Waals surface area contributed by atoms with Crippen LogP contribution in [0.5, 0.6) is 0 Å². The van der Waals surface area contributed by atoms with Crippen LogP contribution >= 0.6 is 0 Å². The average Bonchev–Trinajstić information content (AvgIpc) is 3.25. The van der Waals surface area contributed by atoms with Crippen LogP contribution in [0, 0.1) is 11.3 Å². The molecule has 1 heterocycles. The molecule has 4 N–H and O–H groups in total. The Balaban J connectivity index is 1.81. The van der Waals surface area contributed by atoms with Crippen LogP contribution in [0.4, 0.5) is 43.4 Å². The number of nitrogens with one attached hydrogen (secondary N) is 2. The van der Waals surface area contributed by atoms with Gasteiger partial charge in [0.25, 0.3) is 5.91 Å². The largest absolute Gasteiger partial charge is 0.433 e. The van der Waals surface area contributed by atoms with E-state index in [1.807, 2.05) is 0 Å². The lowest BCUT2D eigenvalue weighted by Gasteiger charge is -2.27. The van der Waals surface area contributed by atoms with E-state index in [1.165, 1.54) is 30.3 Å². The van der Waals surface area contributed by atoms with Crippen LogP contribution in [0.3, 0.4) is 0 Å². The second-order valence-corrected chi connectivity index (χ2v) is 7.33. The summed E-state index contributed by atoms with van der Waals surface area (Å²) in [5, 5.41) is 13.7. The van der Waals surface area contributed by atoms with Gasteiger partial charge in [0.15, 0.2) is 6.10 Å². The first kappa shape index (κ1) is 25.8. The maximum atomic E-state index is 13.6. The maximum absolute atomic E-state index is 13.6. The molecule has 0 radical (unpaired) electrons. The molecule has 2 atom stereocenters. The zero-order chi connectivity index (χ0) is 26.0. The van der Waals surface area contributed by atoms with Gasteiger partial charge in [-0.2, -0.15) is 31.6 Å². The average molecular weight is 501 g/mol.